The molecule has 6 heteroatoms. The minimum atomic E-state index is -2.72. The zero-order valence-corrected chi connectivity index (χ0v) is 31.9. The molecule has 0 aromatic heterocycles. The van der Waals surface area contributed by atoms with Gasteiger partial charge in [-0.15, -0.1) is 0 Å². The summed E-state index contributed by atoms with van der Waals surface area (Å²) in [6.45, 7) is 12.7. The number of hydrogen-bond acceptors (Lipinski definition) is 2. The first-order valence-corrected chi connectivity index (χ1v) is 26.2. The lowest BCUT2D eigenvalue weighted by Gasteiger charge is -2.49. The maximum absolute atomic E-state index is 6.50. The van der Waals surface area contributed by atoms with Crippen LogP contribution in [0, 0.1) is 0 Å². The van der Waals surface area contributed by atoms with Gasteiger partial charge in [-0.05, 0) is 65.4 Å². The molecule has 0 saturated carbocycles. The van der Waals surface area contributed by atoms with Crippen molar-refractivity contribution in [2.24, 2.45) is 4.41 Å². The second-order valence-corrected chi connectivity index (χ2v) is 29.6. The van der Waals surface area contributed by atoms with E-state index in [1.807, 2.05) is 0 Å². The molecule has 6 aromatic rings. The van der Waals surface area contributed by atoms with Gasteiger partial charge in [0, 0.05) is 7.05 Å². The Hall–Kier alpha value is -3.63. The van der Waals surface area contributed by atoms with Gasteiger partial charge in [-0.1, -0.05) is 165 Å². The van der Waals surface area contributed by atoms with Gasteiger partial charge < -0.3 is 4.41 Å². The smallest absolute Gasteiger partial charge is 0.276 e. The van der Waals surface area contributed by atoms with Gasteiger partial charge in [0.15, 0.2) is 15.6 Å². The Balaban J connectivity index is 1.80. The van der Waals surface area contributed by atoms with E-state index in [9.17, 15) is 0 Å². The average Bonchev–Trinajstić information content (AvgIpc) is 3.11. The first kappa shape index (κ1) is 33.3. The van der Waals surface area contributed by atoms with E-state index in [0.717, 1.165) is 0 Å². The van der Waals surface area contributed by atoms with Crippen LogP contribution in [0.3, 0.4) is 0 Å². The van der Waals surface area contributed by atoms with Crippen molar-refractivity contribution in [3.05, 3.63) is 182 Å². The SMILES string of the molecule is C[Si](C)(C)N([Si](C)(C)N=P(c1ccccc1)(c1ccccc1)c1ccccc1)[P+](c1ccccc1)(c1ccccc1)c1ccccc1. The van der Waals surface area contributed by atoms with Crippen LogP contribution in [0.15, 0.2) is 186 Å². The van der Waals surface area contributed by atoms with E-state index in [0.29, 0.717) is 0 Å². The zero-order chi connectivity index (χ0) is 33.0. The highest BCUT2D eigenvalue weighted by molar-refractivity contribution is 7.96. The zero-order valence-electron chi connectivity index (χ0n) is 28.1. The van der Waals surface area contributed by atoms with Gasteiger partial charge in [-0.3, -0.25) is 0 Å². The number of hydrogen-bond donors (Lipinski definition) is 0. The summed E-state index contributed by atoms with van der Waals surface area (Å²) in [6, 6.07) is 67.4. The topological polar surface area (TPSA) is 15.6 Å². The minimum Gasteiger partial charge on any atom is -0.305 e. The van der Waals surface area contributed by atoms with Crippen LogP contribution in [0.25, 0.3) is 0 Å². The van der Waals surface area contributed by atoms with Crippen molar-refractivity contribution in [3.63, 3.8) is 0 Å². The van der Waals surface area contributed by atoms with Crippen LogP contribution in [0.2, 0.25) is 32.7 Å². The molecule has 47 heavy (non-hydrogen) atoms. The van der Waals surface area contributed by atoms with Crippen LogP contribution in [0.1, 0.15) is 0 Å². The van der Waals surface area contributed by atoms with E-state index in [1.165, 1.54) is 31.8 Å². The van der Waals surface area contributed by atoms with Crippen molar-refractivity contribution < 1.29 is 0 Å². The summed E-state index contributed by atoms with van der Waals surface area (Å²) in [5.41, 5.74) is 0. The molecule has 6 aromatic carbocycles. The van der Waals surface area contributed by atoms with E-state index in [-0.39, 0.29) is 0 Å². The maximum atomic E-state index is 6.50. The monoisotopic (exact) mass is 683 g/mol. The third-order valence-corrected chi connectivity index (χ3v) is 29.7. The molecule has 0 saturated heterocycles. The molecule has 0 spiro atoms. The highest BCUT2D eigenvalue weighted by atomic mass is 31.2. The molecule has 0 N–H and O–H groups in total. The van der Waals surface area contributed by atoms with Gasteiger partial charge in [-0.2, -0.15) is 4.00 Å². The Labute approximate surface area is 284 Å². The van der Waals surface area contributed by atoms with E-state index in [4.69, 9.17) is 4.41 Å². The van der Waals surface area contributed by atoms with Gasteiger partial charge in [0.05, 0.1) is 0 Å². The predicted molar refractivity (Wildman–Crippen MR) is 215 cm³/mol. The molecule has 0 aliphatic heterocycles. The Morgan fingerprint density at radius 2 is 0.660 bits per heavy atom. The summed E-state index contributed by atoms with van der Waals surface area (Å²) < 4.78 is 9.56. The highest BCUT2D eigenvalue weighted by Crippen LogP contribution is 2.64. The molecule has 0 amide bonds. The average molecular weight is 684 g/mol. The molecule has 0 bridgehead atoms. The predicted octanol–water partition coefficient (Wildman–Crippen LogP) is 8.91. The maximum Gasteiger partial charge on any atom is 0.276 e. The van der Waals surface area contributed by atoms with E-state index >= 15 is 0 Å². The standard InChI is InChI=1S/C41H45N2P2Si2/c1-46(2,3)43(45(39-30-18-9-19-31-39,40-32-20-10-21-33-40)41-34-22-11-23-35-41)47(4,5)42-44(36-24-12-6-13-25-36,37-26-14-7-15-27-37)38-28-16-8-17-29-38/h6-35H,1-5H3/q+1. The molecular weight excluding hydrogens is 639 g/mol. The van der Waals surface area contributed by atoms with E-state index < -0.39 is 31.1 Å². The molecule has 0 heterocycles. The molecule has 2 nitrogen and oxygen atoms in total. The Morgan fingerprint density at radius 3 is 0.915 bits per heavy atom. The van der Waals surface area contributed by atoms with Crippen LogP contribution >= 0.6 is 14.5 Å². The van der Waals surface area contributed by atoms with Crippen molar-refractivity contribution in [3.8, 4) is 0 Å². The number of nitrogens with zero attached hydrogens (tertiary/aromatic N) is 2. The second kappa shape index (κ2) is 13.8. The van der Waals surface area contributed by atoms with E-state index in [2.05, 4.69) is 219 Å². The third-order valence-electron chi connectivity index (χ3n) is 8.63. The lowest BCUT2D eigenvalue weighted by atomic mass is 10.4. The fourth-order valence-corrected chi connectivity index (χ4v) is 34.0. The van der Waals surface area contributed by atoms with Gasteiger partial charge in [0.2, 0.25) is 0 Å². The second-order valence-electron chi connectivity index (χ2n) is 13.4. The molecule has 0 fully saturated rings. The molecule has 0 aliphatic carbocycles. The van der Waals surface area contributed by atoms with Crippen molar-refractivity contribution in [1.29, 1.82) is 0 Å². The summed E-state index contributed by atoms with van der Waals surface area (Å²) in [6.07, 6.45) is 0. The number of benzene rings is 6. The Bertz CT molecular complexity index is 1730. The lowest BCUT2D eigenvalue weighted by Crippen LogP contribution is -2.64. The first-order chi connectivity index (χ1) is 22.7. The van der Waals surface area contributed by atoms with Gasteiger partial charge in [0.25, 0.3) is 8.40 Å². The Kier molecular flexibility index (Phi) is 9.81. The quantitative estimate of drug-likeness (QED) is 0.104. The summed E-state index contributed by atoms with van der Waals surface area (Å²) in [4.78, 5) is 0. The molecular formula is C41H45N2P2Si2+. The fraction of sp³-hybridized carbons (Fsp3) is 0.122. The lowest BCUT2D eigenvalue weighted by molar-refractivity contribution is 0.960. The van der Waals surface area contributed by atoms with Crippen LogP contribution < -0.4 is 31.8 Å². The first-order valence-electron chi connectivity index (χ1n) is 16.4. The molecule has 236 valence electrons. The molecule has 6 rings (SSSR count). The van der Waals surface area contributed by atoms with Crippen molar-refractivity contribution in [1.82, 2.24) is 4.00 Å². The third kappa shape index (κ3) is 6.34. The Morgan fingerprint density at radius 1 is 0.404 bits per heavy atom. The molecule has 0 aliphatic rings. The summed E-state index contributed by atoms with van der Waals surface area (Å²) >= 11 is 0. The normalized spacial score (nSPS) is 12.6. The van der Waals surface area contributed by atoms with Crippen molar-refractivity contribution in [2.75, 3.05) is 0 Å². The van der Waals surface area contributed by atoms with Crippen LogP contribution in [0.5, 0.6) is 0 Å². The van der Waals surface area contributed by atoms with Gasteiger partial charge in [0.1, 0.15) is 15.9 Å². The molecule has 0 atom stereocenters. The molecule has 0 radical (unpaired) electrons. The van der Waals surface area contributed by atoms with Crippen LogP contribution in [-0.2, 0) is 0 Å². The van der Waals surface area contributed by atoms with Gasteiger partial charge in [-0.25, -0.2) is 0 Å². The van der Waals surface area contributed by atoms with Crippen LogP contribution in [0.4, 0.5) is 0 Å². The summed E-state index contributed by atoms with van der Waals surface area (Å²) in [5, 5.41) is 8.07. The van der Waals surface area contributed by atoms with E-state index in [1.54, 1.807) is 0 Å². The minimum absolute atomic E-state index is 1.30. The summed E-state index contributed by atoms with van der Waals surface area (Å²) in [5.74, 6) is 0. The van der Waals surface area contributed by atoms with Crippen molar-refractivity contribution >= 4 is 62.9 Å². The number of rotatable bonds is 10. The summed E-state index contributed by atoms with van der Waals surface area (Å²) in [7, 11) is -9.70. The molecule has 0 unspecified atom stereocenters. The largest absolute Gasteiger partial charge is 0.305 e. The fourth-order valence-electron chi connectivity index (χ4n) is 7.32. The highest BCUT2D eigenvalue weighted by Gasteiger charge is 2.62. The van der Waals surface area contributed by atoms with Crippen molar-refractivity contribution in [2.45, 2.75) is 32.7 Å². The van der Waals surface area contributed by atoms with Crippen LogP contribution in [-0.4, -0.2) is 20.6 Å². The van der Waals surface area contributed by atoms with Gasteiger partial charge >= 0.3 is 0 Å².